The number of fused-ring (bicyclic) bond motifs is 1. The van der Waals surface area contributed by atoms with Gasteiger partial charge in [-0.25, -0.2) is 9.97 Å². The molecule has 0 bridgehead atoms. The number of likely N-dealkylation sites (N-methyl/N-ethyl adjacent to an activating group) is 1. The zero-order valence-electron chi connectivity index (χ0n) is 15.7. The van der Waals surface area contributed by atoms with Gasteiger partial charge in [0.1, 0.15) is 17.3 Å². The largest absolute Gasteiger partial charge is 0.396 e. The molecule has 4 rings (SSSR count). The number of hydrogen-bond acceptors (Lipinski definition) is 6. The van der Waals surface area contributed by atoms with Gasteiger partial charge in [-0.2, -0.15) is 0 Å². The second-order valence-corrected chi connectivity index (χ2v) is 8.16. The molecule has 26 heavy (non-hydrogen) atoms. The lowest BCUT2D eigenvalue weighted by atomic mass is 10.0. The third-order valence-corrected chi connectivity index (χ3v) is 5.93. The third kappa shape index (κ3) is 3.42. The minimum absolute atomic E-state index is 0.0745. The van der Waals surface area contributed by atoms with Gasteiger partial charge in [0.05, 0.1) is 0 Å². The molecule has 2 N–H and O–H groups in total. The number of aliphatic hydroxyl groups excluding tert-OH is 1. The van der Waals surface area contributed by atoms with Crippen LogP contribution in [0.15, 0.2) is 0 Å². The van der Waals surface area contributed by atoms with Crippen molar-refractivity contribution in [1.82, 2.24) is 20.2 Å². The Hall–Kier alpha value is -1.73. The van der Waals surface area contributed by atoms with E-state index in [1.807, 2.05) is 0 Å². The topological polar surface area (TPSA) is 81.6 Å². The summed E-state index contributed by atoms with van der Waals surface area (Å²) in [5, 5.41) is 12.7. The highest BCUT2D eigenvalue weighted by Crippen LogP contribution is 2.40. The summed E-state index contributed by atoms with van der Waals surface area (Å²) >= 11 is 0. The van der Waals surface area contributed by atoms with Crippen LogP contribution in [0.3, 0.4) is 0 Å². The molecular formula is C19H29N5O2. The van der Waals surface area contributed by atoms with Gasteiger partial charge in [0.2, 0.25) is 0 Å². The molecule has 1 amide bonds. The Morgan fingerprint density at radius 1 is 1.19 bits per heavy atom. The van der Waals surface area contributed by atoms with Gasteiger partial charge in [-0.1, -0.05) is 0 Å². The maximum absolute atomic E-state index is 12.4. The Bertz CT molecular complexity index is 689. The lowest BCUT2D eigenvalue weighted by Gasteiger charge is -2.32. The van der Waals surface area contributed by atoms with Crippen LogP contribution < -0.4 is 10.2 Å². The summed E-state index contributed by atoms with van der Waals surface area (Å²) in [5.74, 6) is 2.32. The molecule has 3 aliphatic rings. The summed E-state index contributed by atoms with van der Waals surface area (Å²) in [7, 11) is 4.22. The van der Waals surface area contributed by atoms with Gasteiger partial charge >= 0.3 is 0 Å². The van der Waals surface area contributed by atoms with Gasteiger partial charge in [-0.3, -0.25) is 4.79 Å². The molecule has 142 valence electrons. The van der Waals surface area contributed by atoms with Crippen molar-refractivity contribution in [3.63, 3.8) is 0 Å². The highest BCUT2D eigenvalue weighted by atomic mass is 16.3. The average molecular weight is 359 g/mol. The van der Waals surface area contributed by atoms with Crippen LogP contribution in [0.5, 0.6) is 0 Å². The number of carbonyl (C=O) groups excluding carboxylic acids is 1. The van der Waals surface area contributed by atoms with E-state index in [1.165, 1.54) is 0 Å². The van der Waals surface area contributed by atoms with Crippen molar-refractivity contribution in [2.45, 2.75) is 44.1 Å². The number of anilines is 1. The highest BCUT2D eigenvalue weighted by molar-refractivity contribution is 5.96. The maximum atomic E-state index is 12.4. The first-order chi connectivity index (χ1) is 12.6. The number of amides is 1. The van der Waals surface area contributed by atoms with Crippen LogP contribution in [-0.4, -0.2) is 72.3 Å². The van der Waals surface area contributed by atoms with Crippen LogP contribution in [0.25, 0.3) is 0 Å². The van der Waals surface area contributed by atoms with Crippen molar-refractivity contribution in [2.24, 2.45) is 5.92 Å². The molecule has 1 aromatic heterocycles. The number of nitrogens with zero attached hydrogens (tertiary/aromatic N) is 4. The molecule has 0 spiro atoms. The van der Waals surface area contributed by atoms with Crippen molar-refractivity contribution in [2.75, 3.05) is 45.2 Å². The summed E-state index contributed by atoms with van der Waals surface area (Å²) in [5.41, 5.74) is 1.54. The molecule has 0 radical (unpaired) electrons. The Labute approximate surface area is 154 Å². The zero-order chi connectivity index (χ0) is 18.3. The van der Waals surface area contributed by atoms with E-state index in [-0.39, 0.29) is 18.4 Å². The Kier molecular flexibility index (Phi) is 4.84. The van der Waals surface area contributed by atoms with Gasteiger partial charge in [0.15, 0.2) is 0 Å². The molecule has 1 saturated heterocycles. The molecule has 1 saturated carbocycles. The Balaban J connectivity index is 1.75. The summed E-state index contributed by atoms with van der Waals surface area (Å²) in [4.78, 5) is 26.5. The monoisotopic (exact) mass is 359 g/mol. The minimum atomic E-state index is -0.0745. The molecule has 1 aromatic rings. The van der Waals surface area contributed by atoms with Crippen LogP contribution in [0.1, 0.15) is 53.5 Å². The van der Waals surface area contributed by atoms with Crippen molar-refractivity contribution < 1.29 is 9.90 Å². The number of nitrogens with one attached hydrogen (secondary N) is 1. The van der Waals surface area contributed by atoms with Crippen molar-refractivity contribution >= 4 is 11.7 Å². The molecule has 0 aromatic carbocycles. The summed E-state index contributed by atoms with van der Waals surface area (Å²) in [6, 6.07) is 0.416. The van der Waals surface area contributed by atoms with E-state index in [0.29, 0.717) is 24.2 Å². The standard InChI is InChI=1S/C19H29N5O2/c1-23(2)14-6-3-12(11-25)9-24(10-14)18-15-7-8-20-19(26)16(15)21-17(22-18)13-4-5-13/h12-14,25H,3-11H2,1-2H3,(H,20,26)/t12-,14+/m0/s1. The van der Waals surface area contributed by atoms with Gasteiger partial charge < -0.3 is 20.2 Å². The van der Waals surface area contributed by atoms with E-state index in [1.54, 1.807) is 0 Å². The summed E-state index contributed by atoms with van der Waals surface area (Å²) in [6.07, 6.45) is 5.07. The number of aliphatic hydroxyl groups is 1. The maximum Gasteiger partial charge on any atom is 0.270 e. The van der Waals surface area contributed by atoms with Crippen LogP contribution >= 0.6 is 0 Å². The van der Waals surface area contributed by atoms with E-state index in [9.17, 15) is 9.90 Å². The average Bonchev–Trinajstić information content (AvgIpc) is 3.47. The van der Waals surface area contributed by atoms with Crippen molar-refractivity contribution in [3.8, 4) is 0 Å². The summed E-state index contributed by atoms with van der Waals surface area (Å²) in [6.45, 7) is 2.49. The van der Waals surface area contributed by atoms with E-state index < -0.39 is 0 Å². The van der Waals surface area contributed by atoms with E-state index in [0.717, 1.165) is 62.4 Å². The number of rotatable bonds is 4. The number of hydrogen-bond donors (Lipinski definition) is 2. The molecule has 0 unspecified atom stereocenters. The second-order valence-electron chi connectivity index (χ2n) is 8.16. The molecule has 7 heteroatoms. The fraction of sp³-hybridized carbons (Fsp3) is 0.737. The molecular weight excluding hydrogens is 330 g/mol. The molecule has 1 aliphatic carbocycles. The number of carbonyl (C=O) groups is 1. The molecule has 7 nitrogen and oxygen atoms in total. The smallest absolute Gasteiger partial charge is 0.270 e. The van der Waals surface area contributed by atoms with Crippen LogP contribution in [0.2, 0.25) is 0 Å². The fourth-order valence-corrected chi connectivity index (χ4v) is 4.07. The van der Waals surface area contributed by atoms with E-state index in [4.69, 9.17) is 4.98 Å². The van der Waals surface area contributed by atoms with Crippen LogP contribution in [-0.2, 0) is 6.42 Å². The molecule has 2 fully saturated rings. The lowest BCUT2D eigenvalue weighted by molar-refractivity contribution is 0.0940. The second kappa shape index (κ2) is 7.12. The minimum Gasteiger partial charge on any atom is -0.396 e. The normalized spacial score (nSPS) is 26.5. The van der Waals surface area contributed by atoms with Gasteiger partial charge in [0.25, 0.3) is 5.91 Å². The molecule has 2 aliphatic heterocycles. The summed E-state index contributed by atoms with van der Waals surface area (Å²) < 4.78 is 0. The predicted molar refractivity (Wildman–Crippen MR) is 99.5 cm³/mol. The number of aromatic nitrogens is 2. The molecule has 3 heterocycles. The molecule has 2 atom stereocenters. The van der Waals surface area contributed by atoms with Gasteiger partial charge in [-0.05, 0) is 52.1 Å². The Morgan fingerprint density at radius 2 is 2.00 bits per heavy atom. The predicted octanol–water partition coefficient (Wildman–Crippen LogP) is 0.779. The Morgan fingerprint density at radius 3 is 2.69 bits per heavy atom. The highest BCUT2D eigenvalue weighted by Gasteiger charge is 2.34. The van der Waals surface area contributed by atoms with E-state index in [2.05, 4.69) is 34.2 Å². The first kappa shape index (κ1) is 17.7. The van der Waals surface area contributed by atoms with Crippen LogP contribution in [0, 0.1) is 5.92 Å². The third-order valence-electron chi connectivity index (χ3n) is 5.93. The fourth-order valence-electron chi connectivity index (χ4n) is 4.07. The van der Waals surface area contributed by atoms with E-state index >= 15 is 0 Å². The van der Waals surface area contributed by atoms with Crippen molar-refractivity contribution in [3.05, 3.63) is 17.1 Å². The zero-order valence-corrected chi connectivity index (χ0v) is 15.7. The van der Waals surface area contributed by atoms with Gasteiger partial charge in [0, 0.05) is 43.8 Å². The quantitative estimate of drug-likeness (QED) is 0.827. The van der Waals surface area contributed by atoms with Crippen LogP contribution in [0.4, 0.5) is 5.82 Å². The first-order valence-corrected chi connectivity index (χ1v) is 9.78. The lowest BCUT2D eigenvalue weighted by Crippen LogP contribution is -2.42. The first-order valence-electron chi connectivity index (χ1n) is 9.78. The van der Waals surface area contributed by atoms with Gasteiger partial charge in [-0.15, -0.1) is 0 Å². The van der Waals surface area contributed by atoms with Crippen molar-refractivity contribution in [1.29, 1.82) is 0 Å². The SMILES string of the molecule is CN(C)[C@@H]1CC[C@H](CO)CN(c2nc(C3CC3)nc3c2CCNC3=O)C1.